The van der Waals surface area contributed by atoms with E-state index in [2.05, 4.69) is 15.1 Å². The van der Waals surface area contributed by atoms with E-state index in [0.29, 0.717) is 21.4 Å². The molecule has 1 aliphatic heterocycles. The van der Waals surface area contributed by atoms with Gasteiger partial charge in [-0.3, -0.25) is 9.69 Å². The number of H-pyrrole nitrogens is 1. The minimum absolute atomic E-state index is 0.00350. The van der Waals surface area contributed by atoms with Crippen LogP contribution in [0.25, 0.3) is 22.2 Å². The van der Waals surface area contributed by atoms with Gasteiger partial charge in [0.25, 0.3) is 5.91 Å². The number of nitrogens with zero attached hydrogens (tertiary/aromatic N) is 4. The van der Waals surface area contributed by atoms with Crippen molar-refractivity contribution in [2.45, 2.75) is 18.7 Å². The van der Waals surface area contributed by atoms with E-state index in [1.807, 2.05) is 0 Å². The number of fused-ring (bicyclic) bond motifs is 1. The fraction of sp³-hybridized carbons (Fsp3) is 0.150. The monoisotopic (exact) mass is 431 g/mol. The van der Waals surface area contributed by atoms with Crippen molar-refractivity contribution in [1.29, 1.82) is 0 Å². The molecule has 31 heavy (non-hydrogen) atoms. The molecule has 0 bridgehead atoms. The van der Waals surface area contributed by atoms with Crippen molar-refractivity contribution in [3.05, 3.63) is 66.3 Å². The summed E-state index contributed by atoms with van der Waals surface area (Å²) in [5.74, 6) is -2.75. The van der Waals surface area contributed by atoms with Crippen molar-refractivity contribution in [3.8, 4) is 11.1 Å². The average Bonchev–Trinajstić information content (AvgIpc) is 3.41. The van der Waals surface area contributed by atoms with E-state index < -0.39 is 41.8 Å². The SMILES string of the molecule is O=C1C(O)C(c2c(F)cc(-c3cnn(C(F)F)c3)cc2F)N1c1ccc2nc[nH]c2c1. The van der Waals surface area contributed by atoms with Crippen LogP contribution in [0.4, 0.5) is 23.2 Å². The lowest BCUT2D eigenvalue weighted by Gasteiger charge is -2.44. The molecule has 2 unspecified atom stereocenters. The van der Waals surface area contributed by atoms with E-state index >= 15 is 0 Å². The first kappa shape index (κ1) is 19.2. The maximum absolute atomic E-state index is 14.9. The normalized spacial score (nSPS) is 18.8. The van der Waals surface area contributed by atoms with Gasteiger partial charge in [0.15, 0.2) is 6.10 Å². The third-order valence-electron chi connectivity index (χ3n) is 5.26. The van der Waals surface area contributed by atoms with Gasteiger partial charge < -0.3 is 10.1 Å². The van der Waals surface area contributed by atoms with Gasteiger partial charge in [-0.1, -0.05) is 0 Å². The molecule has 1 aliphatic rings. The number of halogens is 4. The first-order valence-corrected chi connectivity index (χ1v) is 9.11. The number of imidazole rings is 1. The number of aliphatic hydroxyl groups excluding tert-OH is 1. The summed E-state index contributed by atoms with van der Waals surface area (Å²) < 4.78 is 55.7. The third-order valence-corrected chi connectivity index (χ3v) is 5.26. The zero-order valence-corrected chi connectivity index (χ0v) is 15.5. The molecule has 3 heterocycles. The Morgan fingerprint density at radius 3 is 2.52 bits per heavy atom. The number of carbonyl (C=O) groups excluding carboxylic acids is 1. The number of aromatic nitrogens is 4. The standard InChI is InChI=1S/C20H13F4N5O2/c21-12-3-9(10-6-27-28(7-10)20(23)24)4-13(22)16(12)17-18(30)19(31)29(17)11-1-2-14-15(5-11)26-8-25-14/h1-8,17-18,20,30H,(H,25,26). The molecule has 1 fully saturated rings. The molecule has 2 N–H and O–H groups in total. The van der Waals surface area contributed by atoms with Crippen LogP contribution >= 0.6 is 0 Å². The Bertz CT molecular complexity index is 1290. The Balaban J connectivity index is 1.54. The Labute approximate surface area is 171 Å². The van der Waals surface area contributed by atoms with E-state index in [9.17, 15) is 27.5 Å². The van der Waals surface area contributed by atoms with E-state index in [0.717, 1.165) is 29.4 Å². The smallest absolute Gasteiger partial charge is 0.333 e. The number of hydrogen-bond donors (Lipinski definition) is 2. The first-order chi connectivity index (χ1) is 14.8. The van der Waals surface area contributed by atoms with E-state index in [1.165, 1.54) is 6.33 Å². The lowest BCUT2D eigenvalue weighted by molar-refractivity contribution is -0.137. The molecule has 2 atom stereocenters. The number of hydrogen-bond acceptors (Lipinski definition) is 4. The second-order valence-electron chi connectivity index (χ2n) is 7.04. The van der Waals surface area contributed by atoms with Crippen LogP contribution in [-0.4, -0.2) is 36.9 Å². The van der Waals surface area contributed by atoms with Crippen molar-refractivity contribution in [3.63, 3.8) is 0 Å². The molecule has 1 saturated heterocycles. The van der Waals surface area contributed by atoms with Gasteiger partial charge in [-0.05, 0) is 35.9 Å². The predicted octanol–water partition coefficient (Wildman–Crippen LogP) is 3.55. The number of β-lactam (4-membered cyclic amide) rings is 1. The molecule has 2 aromatic heterocycles. The van der Waals surface area contributed by atoms with E-state index in [4.69, 9.17) is 0 Å². The molecule has 0 saturated carbocycles. The average molecular weight is 431 g/mol. The summed E-state index contributed by atoms with van der Waals surface area (Å²) in [7, 11) is 0. The third kappa shape index (κ3) is 2.96. The number of aromatic amines is 1. The van der Waals surface area contributed by atoms with Crippen LogP contribution in [0.1, 0.15) is 18.2 Å². The molecule has 11 heteroatoms. The largest absolute Gasteiger partial charge is 0.381 e. The van der Waals surface area contributed by atoms with Gasteiger partial charge in [-0.2, -0.15) is 13.9 Å². The van der Waals surface area contributed by atoms with Crippen molar-refractivity contribution in [2.75, 3.05) is 4.90 Å². The van der Waals surface area contributed by atoms with Crippen molar-refractivity contribution in [1.82, 2.24) is 19.7 Å². The fourth-order valence-electron chi connectivity index (χ4n) is 3.75. The number of carbonyl (C=O) groups is 1. The number of rotatable bonds is 4. The summed E-state index contributed by atoms with van der Waals surface area (Å²) in [4.78, 5) is 20.4. The number of anilines is 1. The lowest BCUT2D eigenvalue weighted by Crippen LogP contribution is -2.59. The topological polar surface area (TPSA) is 87.0 Å². The van der Waals surface area contributed by atoms with Gasteiger partial charge in [-0.25, -0.2) is 18.4 Å². The summed E-state index contributed by atoms with van der Waals surface area (Å²) in [5.41, 5.74) is 1.17. The summed E-state index contributed by atoms with van der Waals surface area (Å²) in [6, 6.07) is 5.40. The van der Waals surface area contributed by atoms with Crippen molar-refractivity contribution in [2.24, 2.45) is 0 Å². The minimum atomic E-state index is -2.89. The summed E-state index contributed by atoms with van der Waals surface area (Å²) in [5, 5.41) is 13.6. The quantitative estimate of drug-likeness (QED) is 0.382. The molecule has 0 radical (unpaired) electrons. The molecular formula is C20H13F4N5O2. The first-order valence-electron chi connectivity index (χ1n) is 9.11. The Kier molecular flexibility index (Phi) is 4.29. The van der Waals surface area contributed by atoms with Gasteiger partial charge in [0.05, 0.1) is 23.6 Å². The summed E-state index contributed by atoms with van der Waals surface area (Å²) in [6.45, 7) is -2.89. The molecule has 2 aromatic carbocycles. The van der Waals surface area contributed by atoms with Crippen molar-refractivity contribution >= 4 is 22.6 Å². The maximum Gasteiger partial charge on any atom is 0.333 e. The molecule has 158 valence electrons. The Morgan fingerprint density at radius 1 is 1.10 bits per heavy atom. The van der Waals surface area contributed by atoms with Gasteiger partial charge in [0.2, 0.25) is 0 Å². The Morgan fingerprint density at radius 2 is 1.84 bits per heavy atom. The highest BCUT2D eigenvalue weighted by molar-refractivity contribution is 6.05. The molecule has 5 rings (SSSR count). The number of nitrogens with one attached hydrogen (secondary N) is 1. The minimum Gasteiger partial charge on any atom is -0.381 e. The second-order valence-corrected chi connectivity index (χ2v) is 7.04. The predicted molar refractivity (Wildman–Crippen MR) is 101 cm³/mol. The Hall–Kier alpha value is -3.73. The number of amides is 1. The zero-order chi connectivity index (χ0) is 21.9. The number of benzene rings is 2. The molecule has 4 aromatic rings. The van der Waals surface area contributed by atoms with Gasteiger partial charge >= 0.3 is 6.55 Å². The molecule has 0 aliphatic carbocycles. The fourth-order valence-corrected chi connectivity index (χ4v) is 3.75. The summed E-state index contributed by atoms with van der Waals surface area (Å²) >= 11 is 0. The number of alkyl halides is 2. The molecular weight excluding hydrogens is 418 g/mol. The highest BCUT2D eigenvalue weighted by Crippen LogP contribution is 2.42. The van der Waals surface area contributed by atoms with Gasteiger partial charge in [-0.15, -0.1) is 0 Å². The highest BCUT2D eigenvalue weighted by atomic mass is 19.3. The maximum atomic E-state index is 14.9. The van der Waals surface area contributed by atoms with Crippen LogP contribution in [-0.2, 0) is 4.79 Å². The summed E-state index contributed by atoms with van der Waals surface area (Å²) in [6.07, 6.45) is 1.86. The van der Waals surface area contributed by atoms with Gasteiger partial charge in [0, 0.05) is 23.0 Å². The van der Waals surface area contributed by atoms with Crippen LogP contribution in [0.3, 0.4) is 0 Å². The molecule has 1 amide bonds. The van der Waals surface area contributed by atoms with Crippen LogP contribution in [0.2, 0.25) is 0 Å². The molecule has 0 spiro atoms. The molecule has 7 nitrogen and oxygen atoms in total. The van der Waals surface area contributed by atoms with E-state index in [-0.39, 0.29) is 11.1 Å². The zero-order valence-electron chi connectivity index (χ0n) is 15.5. The lowest BCUT2D eigenvalue weighted by atomic mass is 9.88. The van der Waals surface area contributed by atoms with Crippen molar-refractivity contribution < 1.29 is 27.5 Å². The van der Waals surface area contributed by atoms with Crippen LogP contribution < -0.4 is 4.90 Å². The van der Waals surface area contributed by atoms with E-state index in [1.54, 1.807) is 18.2 Å². The van der Waals surface area contributed by atoms with Gasteiger partial charge in [0.1, 0.15) is 17.7 Å². The highest BCUT2D eigenvalue weighted by Gasteiger charge is 2.50. The van der Waals surface area contributed by atoms with Crippen LogP contribution in [0.5, 0.6) is 0 Å². The second kappa shape index (κ2) is 6.91. The van der Waals surface area contributed by atoms with Crippen LogP contribution in [0.15, 0.2) is 49.1 Å². The van der Waals surface area contributed by atoms with Crippen LogP contribution in [0, 0.1) is 11.6 Å². The number of aliphatic hydroxyl groups is 1.